The Bertz CT molecular complexity index is 539. The molecule has 1 aliphatic heterocycles. The predicted molar refractivity (Wildman–Crippen MR) is 88.7 cm³/mol. The first-order chi connectivity index (χ1) is 10.8. The SMILES string of the molecule is CC(C)(C)OC(=O)N1CCCN(C(C(=O)O)c2ccsc2)CC1. The predicted octanol–water partition coefficient (Wildman–Crippen LogP) is 2.82. The molecule has 0 radical (unpaired) electrons. The zero-order chi connectivity index (χ0) is 17.0. The number of aliphatic carboxylic acids is 1. The molecule has 0 bridgehead atoms. The van der Waals surface area contributed by atoms with Gasteiger partial charge in [-0.15, -0.1) is 0 Å². The van der Waals surface area contributed by atoms with Gasteiger partial charge in [0.05, 0.1) is 0 Å². The Labute approximate surface area is 140 Å². The van der Waals surface area contributed by atoms with Gasteiger partial charge in [0.15, 0.2) is 0 Å². The van der Waals surface area contributed by atoms with Crippen molar-refractivity contribution in [3.05, 3.63) is 22.4 Å². The van der Waals surface area contributed by atoms with E-state index in [1.54, 1.807) is 4.90 Å². The first-order valence-corrected chi connectivity index (χ1v) is 8.69. The van der Waals surface area contributed by atoms with Crippen molar-refractivity contribution >= 4 is 23.4 Å². The number of carbonyl (C=O) groups excluding carboxylic acids is 1. The summed E-state index contributed by atoms with van der Waals surface area (Å²) in [5, 5.41) is 13.3. The van der Waals surface area contributed by atoms with Crippen LogP contribution in [0.2, 0.25) is 0 Å². The molecule has 1 amide bonds. The van der Waals surface area contributed by atoms with Crippen LogP contribution in [0.15, 0.2) is 16.8 Å². The van der Waals surface area contributed by atoms with Crippen molar-refractivity contribution in [3.8, 4) is 0 Å². The number of hydrogen-bond acceptors (Lipinski definition) is 5. The van der Waals surface area contributed by atoms with Gasteiger partial charge >= 0.3 is 12.1 Å². The molecule has 23 heavy (non-hydrogen) atoms. The maximum atomic E-state index is 12.2. The van der Waals surface area contributed by atoms with Crippen molar-refractivity contribution in [3.63, 3.8) is 0 Å². The van der Waals surface area contributed by atoms with Gasteiger partial charge < -0.3 is 14.7 Å². The first-order valence-electron chi connectivity index (χ1n) is 7.75. The fourth-order valence-corrected chi connectivity index (χ4v) is 3.32. The molecular formula is C16H24N2O4S. The second-order valence-corrected chi connectivity index (χ2v) is 7.43. The number of thiophene rings is 1. The highest BCUT2D eigenvalue weighted by molar-refractivity contribution is 7.08. The van der Waals surface area contributed by atoms with E-state index in [4.69, 9.17) is 4.74 Å². The van der Waals surface area contributed by atoms with E-state index < -0.39 is 17.6 Å². The number of rotatable bonds is 3. The van der Waals surface area contributed by atoms with Crippen LogP contribution in [0.1, 0.15) is 38.8 Å². The minimum absolute atomic E-state index is 0.332. The van der Waals surface area contributed by atoms with Crippen LogP contribution in [0.4, 0.5) is 4.79 Å². The monoisotopic (exact) mass is 340 g/mol. The first kappa shape index (κ1) is 17.7. The Balaban J connectivity index is 2.02. The van der Waals surface area contributed by atoms with Gasteiger partial charge in [0.1, 0.15) is 11.6 Å². The largest absolute Gasteiger partial charge is 0.480 e. The molecule has 0 saturated carbocycles. The van der Waals surface area contributed by atoms with Crippen LogP contribution >= 0.6 is 11.3 Å². The highest BCUT2D eigenvalue weighted by atomic mass is 32.1. The van der Waals surface area contributed by atoms with E-state index in [2.05, 4.69) is 0 Å². The van der Waals surface area contributed by atoms with Crippen LogP contribution in [-0.4, -0.2) is 58.7 Å². The van der Waals surface area contributed by atoms with E-state index >= 15 is 0 Å². The number of hydrogen-bond donors (Lipinski definition) is 1. The van der Waals surface area contributed by atoms with Gasteiger partial charge in [-0.25, -0.2) is 4.79 Å². The molecule has 2 heterocycles. The fourth-order valence-electron chi connectivity index (χ4n) is 2.64. The van der Waals surface area contributed by atoms with Crippen LogP contribution < -0.4 is 0 Å². The summed E-state index contributed by atoms with van der Waals surface area (Å²) in [5.41, 5.74) is 0.275. The highest BCUT2D eigenvalue weighted by Crippen LogP contribution is 2.25. The Hall–Kier alpha value is -1.60. The quantitative estimate of drug-likeness (QED) is 0.916. The van der Waals surface area contributed by atoms with Crippen molar-refractivity contribution in [2.45, 2.75) is 38.8 Å². The molecule has 1 aromatic rings. The molecule has 1 saturated heterocycles. The van der Waals surface area contributed by atoms with Gasteiger partial charge in [-0.05, 0) is 49.6 Å². The second-order valence-electron chi connectivity index (χ2n) is 6.65. The number of amides is 1. The van der Waals surface area contributed by atoms with Crippen molar-refractivity contribution in [1.29, 1.82) is 0 Å². The maximum absolute atomic E-state index is 12.2. The third-order valence-electron chi connectivity index (χ3n) is 3.64. The van der Waals surface area contributed by atoms with Crippen LogP contribution in [0.25, 0.3) is 0 Å². The van der Waals surface area contributed by atoms with Crippen LogP contribution in [0, 0.1) is 0 Å². The zero-order valence-electron chi connectivity index (χ0n) is 13.8. The summed E-state index contributed by atoms with van der Waals surface area (Å²) in [6, 6.07) is 1.19. The second kappa shape index (κ2) is 7.31. The van der Waals surface area contributed by atoms with E-state index in [0.29, 0.717) is 26.2 Å². The van der Waals surface area contributed by atoms with E-state index in [1.807, 2.05) is 42.5 Å². The molecule has 0 aliphatic carbocycles. The molecule has 1 aliphatic rings. The number of ether oxygens (including phenoxy) is 1. The van der Waals surface area contributed by atoms with Crippen molar-refractivity contribution < 1.29 is 19.4 Å². The van der Waals surface area contributed by atoms with Gasteiger partial charge in [-0.1, -0.05) is 0 Å². The Morgan fingerprint density at radius 3 is 2.57 bits per heavy atom. The number of carbonyl (C=O) groups is 2. The standard InChI is InChI=1S/C16H24N2O4S/c1-16(2,3)22-15(21)18-7-4-6-17(8-9-18)13(14(19)20)12-5-10-23-11-12/h5,10-11,13H,4,6-9H2,1-3H3,(H,19,20). The molecule has 0 aromatic carbocycles. The molecule has 0 spiro atoms. The molecule has 1 fully saturated rings. The van der Waals surface area contributed by atoms with Gasteiger partial charge in [0.25, 0.3) is 0 Å². The lowest BCUT2D eigenvalue weighted by Crippen LogP contribution is -2.40. The fraction of sp³-hybridized carbons (Fsp3) is 0.625. The van der Waals surface area contributed by atoms with Crippen molar-refractivity contribution in [1.82, 2.24) is 9.80 Å². The summed E-state index contributed by atoms with van der Waals surface area (Å²) in [5.74, 6) is -0.853. The zero-order valence-corrected chi connectivity index (χ0v) is 14.6. The van der Waals surface area contributed by atoms with Crippen LogP contribution in [-0.2, 0) is 9.53 Å². The normalized spacial score (nSPS) is 18.3. The average Bonchev–Trinajstić information content (AvgIpc) is 2.81. The highest BCUT2D eigenvalue weighted by Gasteiger charge is 2.31. The summed E-state index contributed by atoms with van der Waals surface area (Å²) < 4.78 is 5.40. The minimum Gasteiger partial charge on any atom is -0.480 e. The summed E-state index contributed by atoms with van der Waals surface area (Å²) >= 11 is 1.49. The molecule has 1 atom stereocenters. The van der Waals surface area contributed by atoms with E-state index in [1.165, 1.54) is 11.3 Å². The Morgan fingerprint density at radius 2 is 2.00 bits per heavy atom. The van der Waals surface area contributed by atoms with Gasteiger partial charge in [0.2, 0.25) is 0 Å². The molecular weight excluding hydrogens is 316 g/mol. The Kier molecular flexibility index (Phi) is 5.64. The van der Waals surface area contributed by atoms with E-state index in [0.717, 1.165) is 12.0 Å². The number of nitrogens with zero attached hydrogens (tertiary/aromatic N) is 2. The molecule has 1 N–H and O–H groups in total. The van der Waals surface area contributed by atoms with Gasteiger partial charge in [0, 0.05) is 26.2 Å². The molecule has 7 heteroatoms. The third-order valence-corrected chi connectivity index (χ3v) is 4.34. The third kappa shape index (κ3) is 4.94. The topological polar surface area (TPSA) is 70.1 Å². The van der Waals surface area contributed by atoms with Crippen molar-refractivity contribution in [2.24, 2.45) is 0 Å². The average molecular weight is 340 g/mol. The summed E-state index contributed by atoms with van der Waals surface area (Å²) in [6.45, 7) is 7.74. The van der Waals surface area contributed by atoms with E-state index in [-0.39, 0.29) is 6.09 Å². The molecule has 2 rings (SSSR count). The summed E-state index contributed by atoms with van der Waals surface area (Å²) in [4.78, 5) is 27.4. The smallest absolute Gasteiger partial charge is 0.410 e. The Morgan fingerprint density at radius 1 is 1.26 bits per heavy atom. The summed E-state index contributed by atoms with van der Waals surface area (Å²) in [7, 11) is 0. The maximum Gasteiger partial charge on any atom is 0.410 e. The van der Waals surface area contributed by atoms with Crippen LogP contribution in [0.3, 0.4) is 0 Å². The van der Waals surface area contributed by atoms with E-state index in [9.17, 15) is 14.7 Å². The molecule has 1 unspecified atom stereocenters. The van der Waals surface area contributed by atoms with Crippen molar-refractivity contribution in [2.75, 3.05) is 26.2 Å². The molecule has 1 aromatic heterocycles. The van der Waals surface area contributed by atoms with Crippen LogP contribution in [0.5, 0.6) is 0 Å². The minimum atomic E-state index is -0.853. The molecule has 128 valence electrons. The lowest BCUT2D eigenvalue weighted by atomic mass is 10.1. The lowest BCUT2D eigenvalue weighted by Gasteiger charge is -2.28. The van der Waals surface area contributed by atoms with Gasteiger partial charge in [-0.2, -0.15) is 11.3 Å². The molecule has 6 nitrogen and oxygen atoms in total. The number of carboxylic acid groups (broad SMARTS) is 1. The van der Waals surface area contributed by atoms with Gasteiger partial charge in [-0.3, -0.25) is 9.69 Å². The number of carboxylic acids is 1. The lowest BCUT2D eigenvalue weighted by molar-refractivity contribution is -0.143. The summed E-state index contributed by atoms with van der Waals surface area (Å²) in [6.07, 6.45) is 0.398.